The molecule has 0 spiro atoms. The lowest BCUT2D eigenvalue weighted by molar-refractivity contribution is -0.151. The van der Waals surface area contributed by atoms with E-state index in [1.807, 2.05) is 12.1 Å². The Morgan fingerprint density at radius 3 is 2.26 bits per heavy atom. The Bertz CT molecular complexity index is 1690. The summed E-state index contributed by atoms with van der Waals surface area (Å²) in [5, 5.41) is 23.0. The van der Waals surface area contributed by atoms with Crippen LogP contribution in [0.15, 0.2) is 60.7 Å². The van der Waals surface area contributed by atoms with Gasteiger partial charge in [-0.1, -0.05) is 43.2 Å². The SMILES string of the molecule is N#C[C@@](c1cccc(F)c1)(C1CCN(CC2CN(c3ccc(C(F)(F)C4CN(C(=O)/C=C/CN5CCCCC5)C4)cc3)C2)CC1)[C@H]1CCC[C@@H]1NC(=O)O. The second-order valence-electron chi connectivity index (χ2n) is 16.3. The van der Waals surface area contributed by atoms with Crippen molar-refractivity contribution in [1.82, 2.24) is 20.0 Å². The van der Waals surface area contributed by atoms with Gasteiger partial charge in [0.15, 0.2) is 0 Å². The fourth-order valence-electron chi connectivity index (χ4n) is 9.97. The Labute approximate surface area is 316 Å². The zero-order valence-electron chi connectivity index (χ0n) is 31.0. The topological polar surface area (TPSA) is 103 Å². The summed E-state index contributed by atoms with van der Waals surface area (Å²) in [5.41, 5.74) is 0.553. The van der Waals surface area contributed by atoms with Gasteiger partial charge in [-0.3, -0.25) is 9.69 Å². The Kier molecular flexibility index (Phi) is 11.6. The zero-order valence-corrected chi connectivity index (χ0v) is 31.0. The molecule has 0 radical (unpaired) electrons. The van der Waals surface area contributed by atoms with E-state index in [1.165, 1.54) is 54.5 Å². The average Bonchev–Trinajstić information content (AvgIpc) is 3.58. The highest BCUT2D eigenvalue weighted by atomic mass is 19.3. The molecule has 0 bridgehead atoms. The molecule has 5 fully saturated rings. The first-order valence-corrected chi connectivity index (χ1v) is 19.9. The summed E-state index contributed by atoms with van der Waals surface area (Å²) in [5.74, 6) is -4.35. The number of halogens is 3. The first kappa shape index (κ1) is 38.2. The highest BCUT2D eigenvalue weighted by Gasteiger charge is 2.53. The van der Waals surface area contributed by atoms with E-state index in [2.05, 4.69) is 26.1 Å². The maximum Gasteiger partial charge on any atom is 0.404 e. The molecule has 54 heavy (non-hydrogen) atoms. The molecule has 290 valence electrons. The van der Waals surface area contributed by atoms with E-state index in [-0.39, 0.29) is 42.4 Å². The van der Waals surface area contributed by atoms with Crippen LogP contribution in [-0.2, 0) is 16.1 Å². The average molecular weight is 747 g/mol. The van der Waals surface area contributed by atoms with Gasteiger partial charge in [0.2, 0.25) is 5.91 Å². The predicted molar refractivity (Wildman–Crippen MR) is 201 cm³/mol. The molecule has 4 aliphatic heterocycles. The normalized spacial score (nSPS) is 24.9. The number of hydrogen-bond donors (Lipinski definition) is 2. The molecule has 5 aliphatic rings. The van der Waals surface area contributed by atoms with Gasteiger partial charge < -0.3 is 25.1 Å². The van der Waals surface area contributed by atoms with Crippen LogP contribution in [-0.4, -0.2) is 103 Å². The minimum atomic E-state index is -3.01. The number of likely N-dealkylation sites (tertiary alicyclic amines) is 3. The summed E-state index contributed by atoms with van der Waals surface area (Å²) in [7, 11) is 0. The van der Waals surface area contributed by atoms with Crippen LogP contribution < -0.4 is 10.2 Å². The van der Waals surface area contributed by atoms with E-state index in [9.17, 15) is 24.3 Å². The third kappa shape index (κ3) is 7.99. The third-order valence-corrected chi connectivity index (χ3v) is 13.0. The number of carbonyl (C=O) groups excluding carboxylic acids is 1. The van der Waals surface area contributed by atoms with E-state index in [0.29, 0.717) is 24.3 Å². The van der Waals surface area contributed by atoms with Crippen LogP contribution in [0.2, 0.25) is 0 Å². The van der Waals surface area contributed by atoms with E-state index in [4.69, 9.17) is 0 Å². The Balaban J connectivity index is 0.884. The number of benzene rings is 2. The van der Waals surface area contributed by atoms with Crippen molar-refractivity contribution in [3.8, 4) is 6.07 Å². The summed E-state index contributed by atoms with van der Waals surface area (Å²) >= 11 is 0. The van der Waals surface area contributed by atoms with Gasteiger partial charge >= 0.3 is 6.09 Å². The van der Waals surface area contributed by atoms with Crippen molar-refractivity contribution in [3.05, 3.63) is 77.6 Å². The standard InChI is InChI=1S/C42H53F3N6O3/c43-35-8-4-7-33(23-35)41(29-46,37-9-5-10-38(37)47-40(53)54)31-16-21-49(22-17-31)24-30-25-50(26-30)36-14-12-32(13-15-36)42(44,45)34-27-51(28-34)39(52)11-6-20-48-18-2-1-3-19-48/h4,6-8,11-15,23,30-31,34,37-38,47H,1-3,5,9-10,16-22,24-28H2,(H,53,54)/b11-6+/t37-,38-,41-/m0/s1. The van der Waals surface area contributed by atoms with Crippen LogP contribution in [0.25, 0.3) is 0 Å². The fourth-order valence-corrected chi connectivity index (χ4v) is 9.97. The summed E-state index contributed by atoms with van der Waals surface area (Å²) in [6.07, 6.45) is 9.60. The van der Waals surface area contributed by atoms with E-state index in [0.717, 1.165) is 77.3 Å². The minimum Gasteiger partial charge on any atom is -0.465 e. The number of piperidine rings is 2. The smallest absolute Gasteiger partial charge is 0.404 e. The molecular formula is C42H53F3N6O3. The first-order valence-electron chi connectivity index (χ1n) is 19.9. The first-order chi connectivity index (χ1) is 26.1. The monoisotopic (exact) mass is 746 g/mol. The molecule has 0 unspecified atom stereocenters. The van der Waals surface area contributed by atoms with Crippen LogP contribution in [0, 0.1) is 40.8 Å². The summed E-state index contributed by atoms with van der Waals surface area (Å²) in [6, 6.07) is 15.2. The highest BCUT2D eigenvalue weighted by Crippen LogP contribution is 2.50. The number of carbonyl (C=O) groups is 2. The molecule has 2 N–H and O–H groups in total. The number of nitriles is 1. The highest BCUT2D eigenvalue weighted by molar-refractivity contribution is 5.88. The minimum absolute atomic E-state index is 0.0155. The second kappa shape index (κ2) is 16.3. The molecule has 2 aromatic carbocycles. The third-order valence-electron chi connectivity index (χ3n) is 13.0. The number of nitrogens with one attached hydrogen (secondary N) is 1. The van der Waals surface area contributed by atoms with E-state index in [1.54, 1.807) is 18.2 Å². The molecule has 3 atom stereocenters. The molecule has 2 aromatic rings. The molecule has 4 saturated heterocycles. The lowest BCUT2D eigenvalue weighted by atomic mass is 9.59. The van der Waals surface area contributed by atoms with Gasteiger partial charge in [0.1, 0.15) is 5.82 Å². The number of hydrogen-bond acceptors (Lipinski definition) is 6. The van der Waals surface area contributed by atoms with Crippen LogP contribution in [0.4, 0.5) is 23.7 Å². The number of amides is 2. The number of anilines is 1. The molecule has 7 rings (SSSR count). The van der Waals surface area contributed by atoms with E-state index < -0.39 is 29.2 Å². The largest absolute Gasteiger partial charge is 0.465 e. The van der Waals surface area contributed by atoms with Gasteiger partial charge in [0, 0.05) is 74.5 Å². The molecular weight excluding hydrogens is 693 g/mol. The molecule has 9 nitrogen and oxygen atoms in total. The molecule has 1 aliphatic carbocycles. The van der Waals surface area contributed by atoms with Crippen molar-refractivity contribution in [3.63, 3.8) is 0 Å². The van der Waals surface area contributed by atoms with Crippen molar-refractivity contribution < 1.29 is 27.9 Å². The van der Waals surface area contributed by atoms with Gasteiger partial charge in [-0.05, 0) is 100 Å². The van der Waals surface area contributed by atoms with Crippen molar-refractivity contribution in [2.45, 2.75) is 68.7 Å². The molecule has 4 heterocycles. The van der Waals surface area contributed by atoms with Crippen LogP contribution in [0.5, 0.6) is 0 Å². The van der Waals surface area contributed by atoms with Gasteiger partial charge in [0.05, 0.1) is 17.4 Å². The lowest BCUT2D eigenvalue weighted by Gasteiger charge is -2.48. The number of carboxylic acid groups (broad SMARTS) is 1. The number of alkyl halides is 2. The second-order valence-corrected chi connectivity index (χ2v) is 16.3. The predicted octanol–water partition coefficient (Wildman–Crippen LogP) is 6.46. The zero-order chi connectivity index (χ0) is 37.9. The van der Waals surface area contributed by atoms with Crippen LogP contribution in [0.1, 0.15) is 62.5 Å². The van der Waals surface area contributed by atoms with Gasteiger partial charge in [-0.15, -0.1) is 0 Å². The summed E-state index contributed by atoms with van der Waals surface area (Å²) in [4.78, 5) is 32.6. The summed E-state index contributed by atoms with van der Waals surface area (Å²) < 4.78 is 45.4. The molecule has 2 amide bonds. The van der Waals surface area contributed by atoms with Crippen molar-refractivity contribution in [1.29, 1.82) is 5.26 Å². The van der Waals surface area contributed by atoms with Crippen molar-refractivity contribution >= 4 is 17.7 Å². The van der Waals surface area contributed by atoms with E-state index >= 15 is 8.78 Å². The van der Waals surface area contributed by atoms with Crippen molar-refractivity contribution in [2.75, 3.05) is 70.3 Å². The number of nitrogens with zero attached hydrogens (tertiary/aromatic N) is 5. The summed E-state index contributed by atoms with van der Waals surface area (Å²) in [6.45, 7) is 7.07. The molecule has 1 saturated carbocycles. The molecule has 12 heteroatoms. The fraction of sp³-hybridized carbons (Fsp3) is 0.595. The Morgan fingerprint density at radius 2 is 1.59 bits per heavy atom. The Morgan fingerprint density at radius 1 is 0.870 bits per heavy atom. The number of rotatable bonds is 12. The lowest BCUT2D eigenvalue weighted by Crippen LogP contribution is -2.55. The van der Waals surface area contributed by atoms with Crippen molar-refractivity contribution in [2.24, 2.45) is 23.7 Å². The van der Waals surface area contributed by atoms with Gasteiger partial charge in [0.25, 0.3) is 5.92 Å². The van der Waals surface area contributed by atoms with Gasteiger partial charge in [-0.2, -0.15) is 5.26 Å². The van der Waals surface area contributed by atoms with Crippen LogP contribution >= 0.6 is 0 Å². The quantitative estimate of drug-likeness (QED) is 0.241. The maximum absolute atomic E-state index is 15.4. The van der Waals surface area contributed by atoms with Gasteiger partial charge in [-0.25, -0.2) is 18.0 Å². The maximum atomic E-state index is 15.4. The van der Waals surface area contributed by atoms with Crippen LogP contribution in [0.3, 0.4) is 0 Å². The Hall–Kier alpha value is -4.08. The molecule has 0 aromatic heterocycles.